The summed E-state index contributed by atoms with van der Waals surface area (Å²) < 4.78 is 15.8. The van der Waals surface area contributed by atoms with Gasteiger partial charge in [0.05, 0.1) is 24.3 Å². The van der Waals surface area contributed by atoms with Gasteiger partial charge in [-0.2, -0.15) is 0 Å². The molecule has 0 saturated heterocycles. The number of pyridine rings is 2. The highest BCUT2D eigenvalue weighted by atomic mass is 35.5. The topological polar surface area (TPSA) is 53.5 Å². The van der Waals surface area contributed by atoms with Gasteiger partial charge in [-0.1, -0.05) is 23.2 Å². The Hall–Kier alpha value is -1.21. The van der Waals surface area contributed by atoms with E-state index in [1.165, 1.54) is 13.3 Å². The zero-order valence-corrected chi connectivity index (χ0v) is 13.6. The maximum absolute atomic E-state index is 5.96. The summed E-state index contributed by atoms with van der Waals surface area (Å²) >= 11 is 12.7. The number of rotatable bonds is 6. The molecule has 0 aliphatic rings. The van der Waals surface area contributed by atoms with Crippen LogP contribution >= 0.6 is 35.5 Å². The van der Waals surface area contributed by atoms with Gasteiger partial charge in [0.15, 0.2) is 5.75 Å². The van der Waals surface area contributed by atoms with E-state index in [0.717, 1.165) is 12.3 Å². The van der Waals surface area contributed by atoms with Gasteiger partial charge in [-0.3, -0.25) is 9.17 Å². The van der Waals surface area contributed by atoms with Crippen LogP contribution in [0, 0.1) is 0 Å². The molecule has 112 valence electrons. The normalized spacial score (nSPS) is 10.5. The second-order valence-electron chi connectivity index (χ2n) is 3.75. The van der Waals surface area contributed by atoms with E-state index in [1.807, 2.05) is 6.92 Å². The molecule has 0 bridgehead atoms. The molecule has 0 atom stereocenters. The van der Waals surface area contributed by atoms with Gasteiger partial charge in [0, 0.05) is 12.3 Å². The van der Waals surface area contributed by atoms with Gasteiger partial charge in [0.2, 0.25) is 18.2 Å². The summed E-state index contributed by atoms with van der Waals surface area (Å²) in [4.78, 5) is 8.38. The Morgan fingerprint density at radius 1 is 1.29 bits per heavy atom. The zero-order valence-electron chi connectivity index (χ0n) is 11.3. The molecule has 2 aromatic heterocycles. The van der Waals surface area contributed by atoms with Gasteiger partial charge >= 0.3 is 0 Å². The molecule has 0 fully saturated rings. The lowest BCUT2D eigenvalue weighted by Crippen LogP contribution is -1.96. The zero-order chi connectivity index (χ0) is 15.2. The summed E-state index contributed by atoms with van der Waals surface area (Å²) in [6.07, 6.45) is 1.52. The lowest BCUT2D eigenvalue weighted by atomic mass is 10.1. The van der Waals surface area contributed by atoms with Crippen LogP contribution in [0.3, 0.4) is 0 Å². The van der Waals surface area contributed by atoms with Crippen LogP contribution in [0.5, 0.6) is 11.6 Å². The first kappa shape index (κ1) is 16.2. The second kappa shape index (κ2) is 7.70. The van der Waals surface area contributed by atoms with Crippen molar-refractivity contribution in [3.63, 3.8) is 0 Å². The second-order valence-corrected chi connectivity index (χ2v) is 5.11. The van der Waals surface area contributed by atoms with Crippen molar-refractivity contribution < 1.29 is 13.1 Å². The molecule has 8 heteroatoms. The number of hydrogen-bond donors (Lipinski definition) is 0. The Morgan fingerprint density at radius 2 is 2.10 bits per heavy atom. The first-order chi connectivity index (χ1) is 10.2. The summed E-state index contributed by atoms with van der Waals surface area (Å²) in [6.45, 7) is 2.37. The lowest BCUT2D eigenvalue weighted by Gasteiger charge is -2.11. The van der Waals surface area contributed by atoms with E-state index < -0.39 is 0 Å². The van der Waals surface area contributed by atoms with Gasteiger partial charge in [0.1, 0.15) is 10.8 Å². The summed E-state index contributed by atoms with van der Waals surface area (Å²) in [5, 5.41) is 0.780. The van der Waals surface area contributed by atoms with Crippen molar-refractivity contribution in [1.82, 2.24) is 9.97 Å². The van der Waals surface area contributed by atoms with E-state index in [-0.39, 0.29) is 0 Å². The maximum Gasteiger partial charge on any atom is 0.225 e. The van der Waals surface area contributed by atoms with Crippen molar-refractivity contribution >= 4 is 35.5 Å². The van der Waals surface area contributed by atoms with E-state index in [0.29, 0.717) is 39.7 Å². The van der Waals surface area contributed by atoms with E-state index >= 15 is 0 Å². The molecule has 0 aromatic carbocycles. The maximum atomic E-state index is 5.96. The Morgan fingerprint density at radius 3 is 2.81 bits per heavy atom. The fourth-order valence-corrected chi connectivity index (χ4v) is 2.18. The molecule has 0 aliphatic carbocycles. The number of methoxy groups -OCH3 is 1. The van der Waals surface area contributed by atoms with Crippen LogP contribution in [0.2, 0.25) is 10.2 Å². The van der Waals surface area contributed by atoms with Gasteiger partial charge in [-0.15, -0.1) is 0 Å². The van der Waals surface area contributed by atoms with Gasteiger partial charge in [0.25, 0.3) is 0 Å². The molecule has 0 amide bonds. The van der Waals surface area contributed by atoms with Gasteiger partial charge in [-0.25, -0.2) is 4.98 Å². The van der Waals surface area contributed by atoms with Crippen molar-refractivity contribution in [2.24, 2.45) is 0 Å². The summed E-state index contributed by atoms with van der Waals surface area (Å²) in [5.41, 5.74) is 1.18. The molecule has 0 unspecified atom stereocenters. The van der Waals surface area contributed by atoms with Crippen molar-refractivity contribution in [1.29, 1.82) is 0 Å². The van der Waals surface area contributed by atoms with E-state index in [1.54, 1.807) is 18.2 Å². The predicted molar refractivity (Wildman–Crippen MR) is 83.9 cm³/mol. The van der Waals surface area contributed by atoms with Crippen molar-refractivity contribution in [2.45, 2.75) is 6.92 Å². The standard InChI is InChI=1S/C13H12Cl2N2O3S/c1-3-19-21-20-10-6-8(14)7-16-12(10)9-4-5-11(15)17-13(9)18-2/h4-7H,3H2,1-2H3. The first-order valence-corrected chi connectivity index (χ1v) is 7.40. The third-order valence-corrected chi connectivity index (χ3v) is 3.38. The molecular formula is C13H12Cl2N2O3S. The average molecular weight is 347 g/mol. The quantitative estimate of drug-likeness (QED) is 0.438. The number of nitrogens with zero attached hydrogens (tertiary/aromatic N) is 2. The van der Waals surface area contributed by atoms with Crippen LogP contribution in [-0.2, 0) is 4.18 Å². The molecule has 2 heterocycles. The fraction of sp³-hybridized carbons (Fsp3) is 0.231. The van der Waals surface area contributed by atoms with Crippen molar-refractivity contribution in [3.8, 4) is 22.9 Å². The Kier molecular flexibility index (Phi) is 5.93. The number of halogens is 2. The minimum Gasteiger partial charge on any atom is -0.480 e. The van der Waals surface area contributed by atoms with Crippen LogP contribution < -0.4 is 8.92 Å². The largest absolute Gasteiger partial charge is 0.480 e. The number of hydrogen-bond acceptors (Lipinski definition) is 6. The molecule has 0 saturated carbocycles. The summed E-state index contributed by atoms with van der Waals surface area (Å²) in [5.74, 6) is 0.798. The summed E-state index contributed by atoms with van der Waals surface area (Å²) in [7, 11) is 1.51. The molecule has 0 spiro atoms. The molecule has 2 rings (SSSR count). The Bertz CT molecular complexity index is 628. The highest BCUT2D eigenvalue weighted by molar-refractivity contribution is 7.90. The van der Waals surface area contributed by atoms with Crippen LogP contribution in [0.4, 0.5) is 0 Å². The highest BCUT2D eigenvalue weighted by Gasteiger charge is 2.16. The van der Waals surface area contributed by atoms with E-state index in [4.69, 9.17) is 36.3 Å². The van der Waals surface area contributed by atoms with Gasteiger partial charge < -0.3 is 8.92 Å². The average Bonchev–Trinajstić information content (AvgIpc) is 2.48. The molecule has 21 heavy (non-hydrogen) atoms. The smallest absolute Gasteiger partial charge is 0.225 e. The van der Waals surface area contributed by atoms with Gasteiger partial charge in [-0.05, 0) is 19.1 Å². The first-order valence-electron chi connectivity index (χ1n) is 5.98. The predicted octanol–water partition coefficient (Wildman–Crippen LogP) is 4.44. The third-order valence-electron chi connectivity index (χ3n) is 2.38. The molecule has 2 aromatic rings. The van der Waals surface area contributed by atoms with E-state index in [9.17, 15) is 0 Å². The molecule has 0 aliphatic heterocycles. The number of aromatic nitrogens is 2. The van der Waals surface area contributed by atoms with Crippen LogP contribution in [0.15, 0.2) is 24.4 Å². The van der Waals surface area contributed by atoms with Crippen LogP contribution in [0.1, 0.15) is 6.92 Å². The SMILES string of the molecule is CCOSOc1cc(Cl)cnc1-c1ccc(Cl)nc1OC. The minimum absolute atomic E-state index is 0.329. The monoisotopic (exact) mass is 346 g/mol. The molecule has 0 radical (unpaired) electrons. The summed E-state index contributed by atoms with van der Waals surface area (Å²) in [6, 6.07) is 5.04. The van der Waals surface area contributed by atoms with Crippen LogP contribution in [-0.4, -0.2) is 23.7 Å². The Balaban J connectivity index is 2.43. The third kappa shape index (κ3) is 4.14. The minimum atomic E-state index is 0.329. The molecule has 0 N–H and O–H groups in total. The van der Waals surface area contributed by atoms with Crippen molar-refractivity contribution in [2.75, 3.05) is 13.7 Å². The Labute approximate surface area is 137 Å². The fourth-order valence-electron chi connectivity index (χ4n) is 1.55. The van der Waals surface area contributed by atoms with Crippen molar-refractivity contribution in [3.05, 3.63) is 34.6 Å². The highest BCUT2D eigenvalue weighted by Crippen LogP contribution is 2.37. The van der Waals surface area contributed by atoms with Crippen LogP contribution in [0.25, 0.3) is 11.3 Å². The molecular weight excluding hydrogens is 335 g/mol. The lowest BCUT2D eigenvalue weighted by molar-refractivity contribution is 0.369. The molecule has 5 nitrogen and oxygen atoms in total. The number of ether oxygens (including phenoxy) is 1. The van der Waals surface area contributed by atoms with E-state index in [2.05, 4.69) is 9.97 Å².